The normalized spacial score (nSPS) is 14.6. The topological polar surface area (TPSA) is 104 Å². The Morgan fingerprint density at radius 3 is 1.50 bits per heavy atom. The number of carbonyl (C=O) groups is 1. The van der Waals surface area contributed by atoms with Crippen molar-refractivity contribution in [3.8, 4) is 0 Å². The van der Waals surface area contributed by atoms with E-state index in [0.29, 0.717) is 6.41 Å². The van der Waals surface area contributed by atoms with Gasteiger partial charge in [0.2, 0.25) is 6.41 Å². The highest BCUT2D eigenvalue weighted by Gasteiger charge is 2.36. The van der Waals surface area contributed by atoms with Crippen LogP contribution in [0.2, 0.25) is 0 Å². The van der Waals surface area contributed by atoms with Crippen LogP contribution in [0.15, 0.2) is 121 Å². The molecule has 0 bridgehead atoms. The minimum atomic E-state index is -3.88. The molecule has 0 heterocycles. The molecule has 0 aliphatic rings. The Kier molecular flexibility index (Phi) is 14.6. The Balaban J connectivity index is 1.64. The molecule has 1 amide bonds. The lowest BCUT2D eigenvalue weighted by atomic mass is 10.0. The first-order valence-electron chi connectivity index (χ1n) is 15.2. The predicted molar refractivity (Wildman–Crippen MR) is 175 cm³/mol. The van der Waals surface area contributed by atoms with Crippen molar-refractivity contribution in [3.63, 3.8) is 0 Å². The Bertz CT molecular complexity index is 1450. The fourth-order valence-electron chi connectivity index (χ4n) is 4.79. The number of hydrogen-bond acceptors (Lipinski definition) is 7. The van der Waals surface area contributed by atoms with Crippen LogP contribution in [0.25, 0.3) is 0 Å². The molecule has 0 radical (unpaired) electrons. The highest BCUT2D eigenvalue weighted by molar-refractivity contribution is 7.52. The summed E-state index contributed by atoms with van der Waals surface area (Å²) in [6.45, 7) is 0.858. The Labute approximate surface area is 271 Å². The third-order valence-corrected chi connectivity index (χ3v) is 8.72. The number of amides is 1. The van der Waals surface area contributed by atoms with Crippen LogP contribution in [0.4, 0.5) is 0 Å². The molecule has 4 rings (SSSR count). The zero-order valence-electron chi connectivity index (χ0n) is 26.0. The van der Waals surface area contributed by atoms with Crippen LogP contribution >= 0.6 is 7.60 Å². The lowest BCUT2D eigenvalue weighted by Gasteiger charge is -2.35. The van der Waals surface area contributed by atoms with Gasteiger partial charge in [-0.05, 0) is 28.7 Å². The number of nitrogens with zero attached hydrogens (tertiary/aromatic N) is 1. The molecule has 0 aliphatic carbocycles. The van der Waals surface area contributed by atoms with Crippen molar-refractivity contribution in [1.29, 1.82) is 0 Å². The van der Waals surface area contributed by atoms with Gasteiger partial charge in [-0.3, -0.25) is 14.2 Å². The van der Waals surface area contributed by atoms with Crippen LogP contribution in [0, 0.1) is 0 Å². The summed E-state index contributed by atoms with van der Waals surface area (Å²) < 4.78 is 37.0. The molecule has 0 aromatic heterocycles. The smallest absolute Gasteiger partial charge is 0.327 e. The maximum Gasteiger partial charge on any atom is 0.327 e. The van der Waals surface area contributed by atoms with E-state index in [1.807, 2.05) is 121 Å². The van der Waals surface area contributed by atoms with Gasteiger partial charge in [-0.15, -0.1) is 0 Å². The summed E-state index contributed by atoms with van der Waals surface area (Å²) in [7, 11) is -2.67. The molecule has 0 fully saturated rings. The first-order chi connectivity index (χ1) is 22.5. The summed E-state index contributed by atoms with van der Waals surface area (Å²) in [6.07, 6.45) is -1.68. The van der Waals surface area contributed by atoms with Crippen molar-refractivity contribution in [2.75, 3.05) is 19.8 Å². The molecular formula is C36H42NO8P. The SMILES string of the molecule is COP(=O)(O)CC[C@@H](OCc1ccccc1)[C@@H](OCc1ccccc1)[C@@H](CN(C=O)OCc1ccccc1)OCc1ccccc1. The standard InChI is InChI=1S/C36H42NO8P/c1-41-46(39,40)23-22-34(42-25-30-14-6-2-7-15-30)36(44-27-32-18-10-4-11-19-32)35(43-26-31-16-8-3-9-17-31)24-37(29-38)45-28-33-20-12-5-13-21-33/h2-21,29,34-36H,22-28H2,1H3,(H,39,40)/t34-,35-,36-/m1/s1. The summed E-state index contributed by atoms with van der Waals surface area (Å²) in [5, 5.41) is 1.20. The van der Waals surface area contributed by atoms with E-state index in [4.69, 9.17) is 23.6 Å². The minimum absolute atomic E-state index is 0.00881. The molecule has 4 aromatic rings. The summed E-state index contributed by atoms with van der Waals surface area (Å²) >= 11 is 0. The van der Waals surface area contributed by atoms with Crippen molar-refractivity contribution < 1.29 is 37.8 Å². The third-order valence-electron chi connectivity index (χ3n) is 7.33. The molecule has 244 valence electrons. The Hall–Kier alpha value is -3.66. The predicted octanol–water partition coefficient (Wildman–Crippen LogP) is 6.55. The summed E-state index contributed by atoms with van der Waals surface area (Å²) in [5.41, 5.74) is 3.68. The summed E-state index contributed by atoms with van der Waals surface area (Å²) in [4.78, 5) is 28.5. The summed E-state index contributed by atoms with van der Waals surface area (Å²) in [5.74, 6) is 0. The third kappa shape index (κ3) is 12.3. The second kappa shape index (κ2) is 19.1. The van der Waals surface area contributed by atoms with Crippen molar-refractivity contribution in [2.45, 2.75) is 51.2 Å². The monoisotopic (exact) mass is 647 g/mol. The van der Waals surface area contributed by atoms with Crippen molar-refractivity contribution in [2.24, 2.45) is 0 Å². The molecule has 1 N–H and O–H groups in total. The average molecular weight is 648 g/mol. The van der Waals surface area contributed by atoms with Gasteiger partial charge in [0.1, 0.15) is 18.8 Å². The van der Waals surface area contributed by atoms with E-state index in [0.717, 1.165) is 22.3 Å². The lowest BCUT2D eigenvalue weighted by Crippen LogP contribution is -2.48. The van der Waals surface area contributed by atoms with Gasteiger partial charge in [0.15, 0.2) is 0 Å². The highest BCUT2D eigenvalue weighted by Crippen LogP contribution is 2.42. The van der Waals surface area contributed by atoms with Crippen LogP contribution in [0.5, 0.6) is 0 Å². The molecular weight excluding hydrogens is 605 g/mol. The van der Waals surface area contributed by atoms with Gasteiger partial charge in [-0.25, -0.2) is 5.06 Å². The zero-order chi connectivity index (χ0) is 32.5. The first-order valence-corrected chi connectivity index (χ1v) is 16.9. The molecule has 0 saturated carbocycles. The van der Waals surface area contributed by atoms with Gasteiger partial charge in [0.25, 0.3) is 0 Å². The molecule has 0 spiro atoms. The Morgan fingerprint density at radius 2 is 1.07 bits per heavy atom. The fourth-order valence-corrected chi connectivity index (χ4v) is 5.55. The van der Waals surface area contributed by atoms with Crippen LogP contribution in [-0.4, -0.2) is 54.5 Å². The zero-order valence-corrected chi connectivity index (χ0v) is 26.9. The molecule has 0 saturated heterocycles. The number of benzene rings is 4. The van der Waals surface area contributed by atoms with Crippen LogP contribution < -0.4 is 0 Å². The number of rotatable bonds is 21. The van der Waals surface area contributed by atoms with Crippen LogP contribution in [0.3, 0.4) is 0 Å². The second-order valence-corrected chi connectivity index (χ2v) is 12.8. The number of hydroxylamine groups is 2. The van der Waals surface area contributed by atoms with Gasteiger partial charge in [0, 0.05) is 7.11 Å². The second-order valence-electron chi connectivity index (χ2n) is 10.7. The summed E-state index contributed by atoms with van der Waals surface area (Å²) in [6, 6.07) is 38.5. The van der Waals surface area contributed by atoms with Gasteiger partial charge in [0.05, 0.1) is 38.6 Å². The van der Waals surface area contributed by atoms with E-state index in [1.54, 1.807) is 0 Å². The van der Waals surface area contributed by atoms with E-state index < -0.39 is 25.9 Å². The molecule has 10 heteroatoms. The van der Waals surface area contributed by atoms with E-state index in [2.05, 4.69) is 0 Å². The molecule has 0 aliphatic heterocycles. The van der Waals surface area contributed by atoms with Gasteiger partial charge >= 0.3 is 7.60 Å². The van der Waals surface area contributed by atoms with Gasteiger partial charge < -0.3 is 23.6 Å². The van der Waals surface area contributed by atoms with Crippen LogP contribution in [0.1, 0.15) is 28.7 Å². The van der Waals surface area contributed by atoms with E-state index >= 15 is 0 Å². The molecule has 46 heavy (non-hydrogen) atoms. The van der Waals surface area contributed by atoms with E-state index in [1.165, 1.54) is 12.2 Å². The van der Waals surface area contributed by atoms with E-state index in [9.17, 15) is 14.3 Å². The molecule has 9 nitrogen and oxygen atoms in total. The quantitative estimate of drug-likeness (QED) is 0.0617. The van der Waals surface area contributed by atoms with Crippen molar-refractivity contribution >= 4 is 14.0 Å². The number of hydrogen-bond donors (Lipinski definition) is 1. The average Bonchev–Trinajstić information content (AvgIpc) is 3.11. The van der Waals surface area contributed by atoms with Crippen LogP contribution in [-0.2, 0) is 59.4 Å². The van der Waals surface area contributed by atoms with Gasteiger partial charge in [-0.2, -0.15) is 0 Å². The van der Waals surface area contributed by atoms with E-state index in [-0.39, 0.29) is 45.6 Å². The first kappa shape index (κ1) is 35.2. The Morgan fingerprint density at radius 1 is 0.652 bits per heavy atom. The van der Waals surface area contributed by atoms with Gasteiger partial charge in [-0.1, -0.05) is 121 Å². The molecule has 4 aromatic carbocycles. The molecule has 1 unspecified atom stereocenters. The minimum Gasteiger partial charge on any atom is -0.371 e. The van der Waals surface area contributed by atoms with Crippen molar-refractivity contribution in [3.05, 3.63) is 144 Å². The fraction of sp³-hybridized carbons (Fsp3) is 0.306. The maximum absolute atomic E-state index is 12.6. The maximum atomic E-state index is 12.6. The van der Waals surface area contributed by atoms with Crippen molar-refractivity contribution in [1.82, 2.24) is 5.06 Å². The number of ether oxygens (including phenoxy) is 3. The largest absolute Gasteiger partial charge is 0.371 e. The molecule has 4 atom stereocenters. The lowest BCUT2D eigenvalue weighted by molar-refractivity contribution is -0.208. The highest BCUT2D eigenvalue weighted by atomic mass is 31.2. The number of carbonyl (C=O) groups excluding carboxylic acids is 1.